The van der Waals surface area contributed by atoms with Crippen LogP contribution in [0.2, 0.25) is 0 Å². The Morgan fingerprint density at radius 1 is 1.24 bits per heavy atom. The zero-order valence-electron chi connectivity index (χ0n) is 9.82. The number of hydrogen-bond acceptors (Lipinski definition) is 2. The molecule has 1 atom stereocenters. The third kappa shape index (κ3) is 2.73. The third-order valence-corrected chi connectivity index (χ3v) is 4.01. The van der Waals surface area contributed by atoms with Crippen molar-refractivity contribution in [3.8, 4) is 0 Å². The highest BCUT2D eigenvalue weighted by molar-refractivity contribution is 7.09. The highest BCUT2D eigenvalue weighted by atomic mass is 32.1. The van der Waals surface area contributed by atoms with E-state index in [0.717, 1.165) is 12.0 Å². The van der Waals surface area contributed by atoms with Crippen molar-refractivity contribution in [1.82, 2.24) is 0 Å². The fraction of sp³-hybridized carbons (Fsp3) is 0.286. The molecule has 1 aromatic carbocycles. The van der Waals surface area contributed by atoms with Gasteiger partial charge in [-0.2, -0.15) is 0 Å². The molecule has 1 heterocycles. The van der Waals surface area contributed by atoms with E-state index in [0.29, 0.717) is 6.54 Å². The van der Waals surface area contributed by atoms with Crippen LogP contribution >= 0.6 is 11.3 Å². The van der Waals surface area contributed by atoms with Gasteiger partial charge in [0, 0.05) is 16.8 Å². The van der Waals surface area contributed by atoms with Gasteiger partial charge in [-0.05, 0) is 35.6 Å². The van der Waals surface area contributed by atoms with Gasteiger partial charge in [0.1, 0.15) is 5.82 Å². The molecule has 17 heavy (non-hydrogen) atoms. The molecule has 3 heteroatoms. The van der Waals surface area contributed by atoms with Crippen molar-refractivity contribution in [1.29, 1.82) is 0 Å². The molecule has 0 fully saturated rings. The monoisotopic (exact) mass is 249 g/mol. The zero-order valence-corrected chi connectivity index (χ0v) is 10.6. The lowest BCUT2D eigenvalue weighted by atomic mass is 9.79. The third-order valence-electron chi connectivity index (χ3n) is 3.14. The SMILES string of the molecule is CC(CN)(Cc1cccs1)c1ccc(F)cc1. The summed E-state index contributed by atoms with van der Waals surface area (Å²) in [6, 6.07) is 10.8. The van der Waals surface area contributed by atoms with Gasteiger partial charge < -0.3 is 5.73 Å². The van der Waals surface area contributed by atoms with Crippen molar-refractivity contribution in [2.24, 2.45) is 5.73 Å². The highest BCUT2D eigenvalue weighted by Crippen LogP contribution is 2.29. The molecule has 90 valence electrons. The van der Waals surface area contributed by atoms with Gasteiger partial charge in [-0.3, -0.25) is 0 Å². The first-order chi connectivity index (χ1) is 8.14. The van der Waals surface area contributed by atoms with Crippen LogP contribution < -0.4 is 5.73 Å². The number of nitrogens with two attached hydrogens (primary N) is 1. The van der Waals surface area contributed by atoms with Crippen molar-refractivity contribution < 1.29 is 4.39 Å². The molecule has 0 radical (unpaired) electrons. The van der Waals surface area contributed by atoms with Crippen LogP contribution in [-0.2, 0) is 11.8 Å². The quantitative estimate of drug-likeness (QED) is 0.883. The maximum absolute atomic E-state index is 12.9. The second kappa shape index (κ2) is 4.98. The van der Waals surface area contributed by atoms with Crippen LogP contribution in [0.25, 0.3) is 0 Å². The Balaban J connectivity index is 2.27. The van der Waals surface area contributed by atoms with Gasteiger partial charge in [-0.15, -0.1) is 11.3 Å². The van der Waals surface area contributed by atoms with Crippen LogP contribution in [-0.4, -0.2) is 6.54 Å². The molecule has 0 bridgehead atoms. The lowest BCUT2D eigenvalue weighted by molar-refractivity contribution is 0.483. The van der Waals surface area contributed by atoms with E-state index in [2.05, 4.69) is 18.4 Å². The summed E-state index contributed by atoms with van der Waals surface area (Å²) < 4.78 is 12.9. The van der Waals surface area contributed by atoms with Crippen LogP contribution in [0.4, 0.5) is 4.39 Å². The molecule has 0 aliphatic heterocycles. The highest BCUT2D eigenvalue weighted by Gasteiger charge is 2.25. The fourth-order valence-electron chi connectivity index (χ4n) is 1.94. The van der Waals surface area contributed by atoms with Crippen molar-refractivity contribution in [3.05, 3.63) is 58.0 Å². The molecule has 2 rings (SSSR count). The summed E-state index contributed by atoms with van der Waals surface area (Å²) in [6.07, 6.45) is 0.896. The fourth-order valence-corrected chi connectivity index (χ4v) is 2.83. The van der Waals surface area contributed by atoms with Crippen LogP contribution in [0.1, 0.15) is 17.4 Å². The van der Waals surface area contributed by atoms with Crippen LogP contribution in [0, 0.1) is 5.82 Å². The van der Waals surface area contributed by atoms with Crippen LogP contribution in [0.5, 0.6) is 0 Å². The zero-order chi connectivity index (χ0) is 12.3. The van der Waals surface area contributed by atoms with E-state index in [-0.39, 0.29) is 11.2 Å². The van der Waals surface area contributed by atoms with E-state index in [4.69, 9.17) is 5.73 Å². The smallest absolute Gasteiger partial charge is 0.123 e. The van der Waals surface area contributed by atoms with Crippen LogP contribution in [0.3, 0.4) is 0 Å². The average molecular weight is 249 g/mol. The molecule has 0 amide bonds. The number of benzene rings is 1. The van der Waals surface area contributed by atoms with E-state index in [1.807, 2.05) is 18.2 Å². The Kier molecular flexibility index (Phi) is 3.60. The summed E-state index contributed by atoms with van der Waals surface area (Å²) in [5.41, 5.74) is 6.87. The van der Waals surface area contributed by atoms with Crippen molar-refractivity contribution in [2.45, 2.75) is 18.8 Å². The maximum Gasteiger partial charge on any atom is 0.123 e. The van der Waals surface area contributed by atoms with Gasteiger partial charge in [0.15, 0.2) is 0 Å². The van der Waals surface area contributed by atoms with Crippen molar-refractivity contribution in [2.75, 3.05) is 6.54 Å². The normalized spacial score (nSPS) is 14.5. The van der Waals surface area contributed by atoms with Gasteiger partial charge in [0.2, 0.25) is 0 Å². The Morgan fingerprint density at radius 2 is 1.94 bits per heavy atom. The lowest BCUT2D eigenvalue weighted by Gasteiger charge is -2.28. The van der Waals surface area contributed by atoms with E-state index >= 15 is 0 Å². The minimum atomic E-state index is -0.204. The average Bonchev–Trinajstić information content (AvgIpc) is 2.82. The summed E-state index contributed by atoms with van der Waals surface area (Å²) in [6.45, 7) is 2.68. The second-order valence-corrected chi connectivity index (χ2v) is 5.56. The lowest BCUT2D eigenvalue weighted by Crippen LogP contribution is -2.33. The summed E-state index contributed by atoms with van der Waals surface area (Å²) in [7, 11) is 0. The molecule has 1 nitrogen and oxygen atoms in total. The Bertz CT molecular complexity index is 463. The molecule has 1 aromatic heterocycles. The molecule has 2 N–H and O–H groups in total. The summed E-state index contributed by atoms with van der Waals surface area (Å²) in [5.74, 6) is -0.204. The van der Waals surface area contributed by atoms with E-state index in [1.54, 1.807) is 11.3 Å². The summed E-state index contributed by atoms with van der Waals surface area (Å²) in [5, 5.41) is 2.07. The number of hydrogen-bond donors (Lipinski definition) is 1. The maximum atomic E-state index is 12.9. The second-order valence-electron chi connectivity index (χ2n) is 4.53. The molecule has 0 spiro atoms. The molecule has 2 aromatic rings. The Morgan fingerprint density at radius 3 is 2.47 bits per heavy atom. The molecule has 0 aliphatic rings. The molecular formula is C14H16FNS. The Hall–Kier alpha value is -1.19. The number of halogens is 1. The van der Waals surface area contributed by atoms with Gasteiger partial charge >= 0.3 is 0 Å². The largest absolute Gasteiger partial charge is 0.330 e. The number of rotatable bonds is 4. The van der Waals surface area contributed by atoms with E-state index in [9.17, 15) is 4.39 Å². The number of thiophene rings is 1. The van der Waals surface area contributed by atoms with Gasteiger partial charge in [-0.1, -0.05) is 25.1 Å². The van der Waals surface area contributed by atoms with Gasteiger partial charge in [0.25, 0.3) is 0 Å². The summed E-state index contributed by atoms with van der Waals surface area (Å²) >= 11 is 1.73. The minimum Gasteiger partial charge on any atom is -0.330 e. The first-order valence-corrected chi connectivity index (χ1v) is 6.50. The van der Waals surface area contributed by atoms with Crippen molar-refractivity contribution >= 4 is 11.3 Å². The minimum absolute atomic E-state index is 0.126. The predicted molar refractivity (Wildman–Crippen MR) is 70.8 cm³/mol. The molecule has 1 unspecified atom stereocenters. The topological polar surface area (TPSA) is 26.0 Å². The van der Waals surface area contributed by atoms with E-state index in [1.165, 1.54) is 17.0 Å². The summed E-state index contributed by atoms with van der Waals surface area (Å²) in [4.78, 5) is 1.31. The standard InChI is InChI=1S/C14H16FNS/c1-14(10-16,9-13-3-2-8-17-13)11-4-6-12(15)7-5-11/h2-8H,9-10,16H2,1H3. The molecular weight excluding hydrogens is 233 g/mol. The molecule has 0 saturated carbocycles. The van der Waals surface area contributed by atoms with Crippen molar-refractivity contribution in [3.63, 3.8) is 0 Å². The van der Waals surface area contributed by atoms with Crippen LogP contribution in [0.15, 0.2) is 41.8 Å². The first kappa shape index (κ1) is 12.3. The molecule has 0 aliphatic carbocycles. The molecule has 0 saturated heterocycles. The van der Waals surface area contributed by atoms with E-state index < -0.39 is 0 Å². The first-order valence-electron chi connectivity index (χ1n) is 5.62. The van der Waals surface area contributed by atoms with Gasteiger partial charge in [0.05, 0.1) is 0 Å². The Labute approximate surface area is 105 Å². The predicted octanol–water partition coefficient (Wildman–Crippen LogP) is 3.35. The van der Waals surface area contributed by atoms with Gasteiger partial charge in [-0.25, -0.2) is 4.39 Å².